The number of nitrogen functional groups attached to an aromatic ring is 1. The minimum atomic E-state index is 0.00327. The van der Waals surface area contributed by atoms with Crippen LogP contribution < -0.4 is 21.7 Å². The van der Waals surface area contributed by atoms with Crippen LogP contribution in [0.1, 0.15) is 50.4 Å². The number of hydrogen-bond acceptors (Lipinski definition) is 6. The molecule has 1 aromatic rings. The van der Waals surface area contributed by atoms with E-state index in [0.29, 0.717) is 5.95 Å². The lowest BCUT2D eigenvalue weighted by Gasteiger charge is -2.33. The average Bonchev–Trinajstić information content (AvgIpc) is 2.57. The minimum absolute atomic E-state index is 0.00327. The van der Waals surface area contributed by atoms with Crippen molar-refractivity contribution in [1.29, 1.82) is 0 Å². The van der Waals surface area contributed by atoms with Gasteiger partial charge in [-0.25, -0.2) is 4.98 Å². The summed E-state index contributed by atoms with van der Waals surface area (Å²) < 4.78 is 0. The Kier molecular flexibility index (Phi) is 3.75. The molecule has 0 saturated carbocycles. The van der Waals surface area contributed by atoms with Gasteiger partial charge in [0.05, 0.1) is 5.69 Å². The van der Waals surface area contributed by atoms with E-state index in [2.05, 4.69) is 34.0 Å². The highest BCUT2D eigenvalue weighted by atomic mass is 15.3. The fourth-order valence-electron chi connectivity index (χ4n) is 3.48. The van der Waals surface area contributed by atoms with E-state index in [1.165, 1.54) is 0 Å². The van der Waals surface area contributed by atoms with E-state index in [0.717, 1.165) is 62.5 Å². The topological polar surface area (TPSA) is 93.1 Å². The highest BCUT2D eigenvalue weighted by Crippen LogP contribution is 2.41. The number of nitrogens with zero attached hydrogens (tertiary/aromatic N) is 3. The summed E-state index contributed by atoms with van der Waals surface area (Å²) in [6.07, 6.45) is 3.19. The molecule has 1 unspecified atom stereocenters. The van der Waals surface area contributed by atoms with Crippen molar-refractivity contribution >= 4 is 11.8 Å². The lowest BCUT2D eigenvalue weighted by Crippen LogP contribution is -2.45. The molecule has 1 aliphatic carbocycles. The molecular weight excluding hydrogens is 264 g/mol. The predicted molar refractivity (Wildman–Crippen MR) is 85.3 cm³/mol. The Hall–Kier alpha value is -1.40. The van der Waals surface area contributed by atoms with Crippen molar-refractivity contribution in [3.63, 3.8) is 0 Å². The molecule has 0 amide bonds. The molecule has 1 aliphatic heterocycles. The highest BCUT2D eigenvalue weighted by molar-refractivity contribution is 5.55. The van der Waals surface area contributed by atoms with E-state index in [1.54, 1.807) is 0 Å². The van der Waals surface area contributed by atoms with Crippen molar-refractivity contribution in [3.8, 4) is 0 Å². The molecule has 0 radical (unpaired) electrons. The molecule has 1 fully saturated rings. The van der Waals surface area contributed by atoms with Gasteiger partial charge >= 0.3 is 0 Å². The summed E-state index contributed by atoms with van der Waals surface area (Å²) >= 11 is 0. The van der Waals surface area contributed by atoms with Crippen LogP contribution in [0.4, 0.5) is 11.8 Å². The Morgan fingerprint density at radius 3 is 2.67 bits per heavy atom. The second-order valence-corrected chi connectivity index (χ2v) is 6.79. The van der Waals surface area contributed by atoms with Crippen LogP contribution in [-0.2, 0) is 5.41 Å². The Labute approximate surface area is 126 Å². The van der Waals surface area contributed by atoms with E-state index >= 15 is 0 Å². The Balaban J connectivity index is 2.14. The van der Waals surface area contributed by atoms with Gasteiger partial charge in [0.25, 0.3) is 0 Å². The number of nitrogens with two attached hydrogens (primary N) is 2. The predicted octanol–water partition coefficient (Wildman–Crippen LogP) is 0.930. The molecule has 1 aromatic heterocycles. The third kappa shape index (κ3) is 2.70. The van der Waals surface area contributed by atoms with Crippen molar-refractivity contribution in [2.75, 3.05) is 36.8 Å². The maximum absolute atomic E-state index is 6.46. The van der Waals surface area contributed by atoms with Crippen molar-refractivity contribution < 1.29 is 0 Å². The standard InChI is InChI=1S/C15H26N6/c1-15(2)5-3-4-10(16)11-12(15)19-14(17)20-13(11)21-8-6-18-7-9-21/h10,18H,3-9,16H2,1-2H3,(H2,17,19,20). The largest absolute Gasteiger partial charge is 0.368 e. The molecule has 1 saturated heterocycles. The molecule has 6 nitrogen and oxygen atoms in total. The molecule has 5 N–H and O–H groups in total. The van der Waals surface area contributed by atoms with Gasteiger partial charge in [-0.3, -0.25) is 0 Å². The number of fused-ring (bicyclic) bond motifs is 1. The zero-order valence-corrected chi connectivity index (χ0v) is 13.0. The van der Waals surface area contributed by atoms with Gasteiger partial charge in [-0.05, 0) is 12.8 Å². The van der Waals surface area contributed by atoms with Crippen LogP contribution in [0.3, 0.4) is 0 Å². The van der Waals surface area contributed by atoms with Gasteiger partial charge in [0.1, 0.15) is 5.82 Å². The molecular formula is C15H26N6. The molecule has 2 heterocycles. The zero-order chi connectivity index (χ0) is 15.0. The van der Waals surface area contributed by atoms with Gasteiger partial charge in [-0.2, -0.15) is 4.98 Å². The molecule has 2 aliphatic rings. The van der Waals surface area contributed by atoms with Crippen molar-refractivity contribution in [3.05, 3.63) is 11.3 Å². The van der Waals surface area contributed by atoms with Gasteiger partial charge < -0.3 is 21.7 Å². The molecule has 6 heteroatoms. The fourth-order valence-corrected chi connectivity index (χ4v) is 3.48. The Morgan fingerprint density at radius 2 is 1.95 bits per heavy atom. The third-order valence-electron chi connectivity index (χ3n) is 4.69. The average molecular weight is 290 g/mol. The summed E-state index contributed by atoms with van der Waals surface area (Å²) in [6, 6.07) is 0.00672. The molecule has 3 rings (SSSR count). The van der Waals surface area contributed by atoms with E-state index < -0.39 is 0 Å². The summed E-state index contributed by atoms with van der Waals surface area (Å²) in [7, 11) is 0. The van der Waals surface area contributed by atoms with Gasteiger partial charge in [0, 0.05) is 43.2 Å². The second kappa shape index (κ2) is 5.42. The Morgan fingerprint density at radius 1 is 1.24 bits per heavy atom. The van der Waals surface area contributed by atoms with Gasteiger partial charge in [0.2, 0.25) is 5.95 Å². The summed E-state index contributed by atoms with van der Waals surface area (Å²) in [6.45, 7) is 8.29. The van der Waals surface area contributed by atoms with Crippen LogP contribution in [0.5, 0.6) is 0 Å². The summed E-state index contributed by atoms with van der Waals surface area (Å²) in [5, 5.41) is 3.37. The summed E-state index contributed by atoms with van der Waals surface area (Å²) in [4.78, 5) is 11.4. The molecule has 21 heavy (non-hydrogen) atoms. The quantitative estimate of drug-likeness (QED) is 0.666. The lowest BCUT2D eigenvalue weighted by atomic mass is 9.83. The molecule has 0 bridgehead atoms. The number of nitrogens with one attached hydrogen (secondary N) is 1. The van der Waals surface area contributed by atoms with E-state index in [1.807, 2.05) is 0 Å². The van der Waals surface area contributed by atoms with Crippen LogP contribution in [0.2, 0.25) is 0 Å². The van der Waals surface area contributed by atoms with Gasteiger partial charge in [-0.15, -0.1) is 0 Å². The number of hydrogen-bond donors (Lipinski definition) is 3. The first-order chi connectivity index (χ1) is 9.99. The van der Waals surface area contributed by atoms with E-state index in [9.17, 15) is 0 Å². The monoisotopic (exact) mass is 290 g/mol. The molecule has 116 valence electrons. The number of piperazine rings is 1. The number of rotatable bonds is 1. The highest BCUT2D eigenvalue weighted by Gasteiger charge is 2.34. The number of aromatic nitrogens is 2. The van der Waals surface area contributed by atoms with Crippen molar-refractivity contribution in [1.82, 2.24) is 15.3 Å². The van der Waals surface area contributed by atoms with Crippen molar-refractivity contribution in [2.24, 2.45) is 5.73 Å². The maximum atomic E-state index is 6.46. The van der Waals surface area contributed by atoms with Crippen molar-refractivity contribution in [2.45, 2.75) is 44.6 Å². The van der Waals surface area contributed by atoms with Gasteiger partial charge in [-0.1, -0.05) is 20.3 Å². The van der Waals surface area contributed by atoms with Crippen LogP contribution >= 0.6 is 0 Å². The van der Waals surface area contributed by atoms with E-state index in [-0.39, 0.29) is 11.5 Å². The van der Waals surface area contributed by atoms with Gasteiger partial charge in [0.15, 0.2) is 0 Å². The lowest BCUT2D eigenvalue weighted by molar-refractivity contribution is 0.453. The second-order valence-electron chi connectivity index (χ2n) is 6.79. The first kappa shape index (κ1) is 14.5. The zero-order valence-electron chi connectivity index (χ0n) is 13.0. The van der Waals surface area contributed by atoms with Crippen LogP contribution in [0.25, 0.3) is 0 Å². The summed E-state index contributed by atoms with van der Waals surface area (Å²) in [5.74, 6) is 1.32. The SMILES string of the molecule is CC1(C)CCCC(N)c2c(N3CCNCC3)nc(N)nc21. The fraction of sp³-hybridized carbons (Fsp3) is 0.733. The number of anilines is 2. The smallest absolute Gasteiger partial charge is 0.222 e. The normalized spacial score (nSPS) is 25.3. The third-order valence-corrected chi connectivity index (χ3v) is 4.69. The molecule has 1 atom stereocenters. The van der Waals surface area contributed by atoms with E-state index in [4.69, 9.17) is 11.5 Å². The summed E-state index contributed by atoms with van der Waals surface area (Å²) in [5.41, 5.74) is 14.6. The molecule has 0 aromatic carbocycles. The first-order valence-electron chi connectivity index (χ1n) is 7.88. The van der Waals surface area contributed by atoms with Crippen LogP contribution in [0.15, 0.2) is 0 Å². The Bertz CT molecular complexity index is 521. The first-order valence-corrected chi connectivity index (χ1v) is 7.88. The van der Waals surface area contributed by atoms with Crippen LogP contribution in [0, 0.1) is 0 Å². The maximum Gasteiger partial charge on any atom is 0.222 e. The molecule has 0 spiro atoms. The van der Waals surface area contributed by atoms with Crippen LogP contribution in [-0.4, -0.2) is 36.1 Å². The minimum Gasteiger partial charge on any atom is -0.368 e.